The van der Waals surface area contributed by atoms with Gasteiger partial charge in [0.05, 0.1) is 11.7 Å². The number of hydrogen-bond acceptors (Lipinski definition) is 6. The van der Waals surface area contributed by atoms with Crippen LogP contribution in [0.3, 0.4) is 0 Å². The topological polar surface area (TPSA) is 95.3 Å². The van der Waals surface area contributed by atoms with Gasteiger partial charge in [-0.15, -0.1) is 11.3 Å². The van der Waals surface area contributed by atoms with Gasteiger partial charge in [-0.2, -0.15) is 0 Å². The van der Waals surface area contributed by atoms with Gasteiger partial charge in [0.25, 0.3) is 5.91 Å². The minimum atomic E-state index is -0.351. The Morgan fingerprint density at radius 3 is 2.79 bits per heavy atom. The van der Waals surface area contributed by atoms with Crippen molar-refractivity contribution in [1.82, 2.24) is 15.3 Å². The highest BCUT2D eigenvalue weighted by molar-refractivity contribution is 7.10. The molecule has 2 aromatic heterocycles. The second kappa shape index (κ2) is 6.67. The van der Waals surface area contributed by atoms with E-state index in [4.69, 9.17) is 0 Å². The zero-order valence-corrected chi connectivity index (χ0v) is 13.6. The summed E-state index contributed by atoms with van der Waals surface area (Å²) in [6.07, 6.45) is 3.44. The van der Waals surface area contributed by atoms with Crippen LogP contribution in [-0.4, -0.2) is 26.1 Å². The van der Waals surface area contributed by atoms with E-state index in [1.165, 1.54) is 29.5 Å². The maximum absolute atomic E-state index is 12.2. The van der Waals surface area contributed by atoms with Crippen molar-refractivity contribution in [2.24, 2.45) is 0 Å². The molecule has 6 nitrogen and oxygen atoms in total. The molecule has 122 valence electrons. The number of carbonyl (C=O) groups excluding carboxylic acids is 1. The third kappa shape index (κ3) is 3.36. The van der Waals surface area contributed by atoms with Crippen molar-refractivity contribution in [3.05, 3.63) is 58.7 Å². The number of aromatic nitrogens is 2. The van der Waals surface area contributed by atoms with Crippen LogP contribution in [0.5, 0.6) is 11.5 Å². The van der Waals surface area contributed by atoms with Crippen LogP contribution >= 0.6 is 11.3 Å². The normalized spacial score (nSPS) is 11.9. The number of carbonyl (C=O) groups is 1. The molecule has 24 heavy (non-hydrogen) atoms. The highest BCUT2D eigenvalue weighted by atomic mass is 32.1. The quantitative estimate of drug-likeness (QED) is 0.634. The van der Waals surface area contributed by atoms with Gasteiger partial charge in [-0.1, -0.05) is 0 Å². The molecule has 1 unspecified atom stereocenters. The standard InChI is InChI=1S/C17H15N3O3S/c1-10(19-16(23)11-4-5-14(21)15(22)7-11)17-20-13(9-24-17)12-3-2-6-18-8-12/h2-10,21-22H,1H3,(H,19,23). The van der Waals surface area contributed by atoms with Crippen LogP contribution in [0.4, 0.5) is 0 Å². The van der Waals surface area contributed by atoms with Crippen LogP contribution in [0, 0.1) is 0 Å². The van der Waals surface area contributed by atoms with Gasteiger partial charge in [0.2, 0.25) is 0 Å². The van der Waals surface area contributed by atoms with E-state index >= 15 is 0 Å². The molecular formula is C17H15N3O3S. The average molecular weight is 341 g/mol. The number of nitrogens with one attached hydrogen (secondary N) is 1. The highest BCUT2D eigenvalue weighted by Gasteiger charge is 2.16. The Bertz CT molecular complexity index is 865. The van der Waals surface area contributed by atoms with Crippen molar-refractivity contribution in [3.8, 4) is 22.8 Å². The number of nitrogens with zero attached hydrogens (tertiary/aromatic N) is 2. The molecule has 1 atom stereocenters. The van der Waals surface area contributed by atoms with Gasteiger partial charge in [-0.25, -0.2) is 4.98 Å². The Morgan fingerprint density at radius 1 is 1.25 bits per heavy atom. The van der Waals surface area contributed by atoms with E-state index in [1.807, 2.05) is 24.4 Å². The minimum absolute atomic E-state index is 0.263. The molecule has 0 radical (unpaired) electrons. The van der Waals surface area contributed by atoms with Crippen LogP contribution in [0.2, 0.25) is 0 Å². The molecule has 0 aliphatic carbocycles. The summed E-state index contributed by atoms with van der Waals surface area (Å²) in [5, 5.41) is 24.3. The molecule has 0 bridgehead atoms. The molecule has 7 heteroatoms. The van der Waals surface area contributed by atoms with E-state index in [1.54, 1.807) is 12.4 Å². The molecule has 0 fully saturated rings. The number of benzene rings is 1. The zero-order chi connectivity index (χ0) is 17.1. The number of rotatable bonds is 4. The van der Waals surface area contributed by atoms with Crippen LogP contribution in [0.15, 0.2) is 48.1 Å². The third-order valence-corrected chi connectivity index (χ3v) is 4.46. The van der Waals surface area contributed by atoms with Crippen LogP contribution in [0.25, 0.3) is 11.3 Å². The molecule has 1 amide bonds. The van der Waals surface area contributed by atoms with Crippen LogP contribution in [-0.2, 0) is 0 Å². The van der Waals surface area contributed by atoms with Gasteiger partial charge in [-0.05, 0) is 37.3 Å². The number of thiazole rings is 1. The molecule has 0 aliphatic heterocycles. The zero-order valence-electron chi connectivity index (χ0n) is 12.8. The maximum Gasteiger partial charge on any atom is 0.251 e. The first-order valence-electron chi connectivity index (χ1n) is 7.23. The van der Waals surface area contributed by atoms with E-state index < -0.39 is 0 Å². The van der Waals surface area contributed by atoms with Crippen molar-refractivity contribution in [3.63, 3.8) is 0 Å². The summed E-state index contributed by atoms with van der Waals surface area (Å²) in [6.45, 7) is 1.84. The molecule has 3 rings (SSSR count). The summed E-state index contributed by atoms with van der Waals surface area (Å²) in [5.41, 5.74) is 2.00. The largest absolute Gasteiger partial charge is 0.504 e. The fourth-order valence-corrected chi connectivity index (χ4v) is 2.98. The third-order valence-electron chi connectivity index (χ3n) is 3.43. The lowest BCUT2D eigenvalue weighted by atomic mass is 10.2. The summed E-state index contributed by atoms with van der Waals surface area (Å²) in [6, 6.07) is 7.42. The Hall–Kier alpha value is -2.93. The summed E-state index contributed by atoms with van der Waals surface area (Å²) in [5.74, 6) is -0.944. The summed E-state index contributed by atoms with van der Waals surface area (Å²) < 4.78 is 0. The molecule has 3 aromatic rings. The highest BCUT2D eigenvalue weighted by Crippen LogP contribution is 2.27. The van der Waals surface area contributed by atoms with E-state index in [-0.39, 0.29) is 29.0 Å². The molecule has 2 heterocycles. The fourth-order valence-electron chi connectivity index (χ4n) is 2.14. The number of pyridine rings is 1. The maximum atomic E-state index is 12.2. The lowest BCUT2D eigenvalue weighted by Gasteiger charge is -2.11. The second-order valence-electron chi connectivity index (χ2n) is 5.21. The van der Waals surface area contributed by atoms with E-state index in [0.717, 1.165) is 16.3 Å². The van der Waals surface area contributed by atoms with Gasteiger partial charge < -0.3 is 15.5 Å². The lowest BCUT2D eigenvalue weighted by Crippen LogP contribution is -2.26. The van der Waals surface area contributed by atoms with Gasteiger partial charge in [-0.3, -0.25) is 9.78 Å². The van der Waals surface area contributed by atoms with E-state index in [2.05, 4.69) is 15.3 Å². The second-order valence-corrected chi connectivity index (χ2v) is 6.10. The molecule has 3 N–H and O–H groups in total. The lowest BCUT2D eigenvalue weighted by molar-refractivity contribution is 0.0939. The summed E-state index contributed by atoms with van der Waals surface area (Å²) >= 11 is 1.45. The van der Waals surface area contributed by atoms with Crippen molar-refractivity contribution >= 4 is 17.2 Å². The molecule has 0 saturated heterocycles. The van der Waals surface area contributed by atoms with Crippen LogP contribution in [0.1, 0.15) is 28.3 Å². The average Bonchev–Trinajstić information content (AvgIpc) is 3.08. The number of aromatic hydroxyl groups is 2. The minimum Gasteiger partial charge on any atom is -0.504 e. The molecule has 0 saturated carbocycles. The number of phenols is 2. The van der Waals surface area contributed by atoms with Gasteiger partial charge >= 0.3 is 0 Å². The van der Waals surface area contributed by atoms with Gasteiger partial charge in [0.1, 0.15) is 5.01 Å². The van der Waals surface area contributed by atoms with Crippen molar-refractivity contribution in [1.29, 1.82) is 0 Å². The predicted octanol–water partition coefficient (Wildman–Crippen LogP) is 3.11. The fraction of sp³-hybridized carbons (Fsp3) is 0.118. The first-order chi connectivity index (χ1) is 11.5. The molecular weight excluding hydrogens is 326 g/mol. The molecule has 0 aliphatic rings. The van der Waals surface area contributed by atoms with Crippen molar-refractivity contribution in [2.75, 3.05) is 0 Å². The van der Waals surface area contributed by atoms with Crippen molar-refractivity contribution in [2.45, 2.75) is 13.0 Å². The predicted molar refractivity (Wildman–Crippen MR) is 91.0 cm³/mol. The smallest absolute Gasteiger partial charge is 0.251 e. The van der Waals surface area contributed by atoms with Crippen LogP contribution < -0.4 is 5.32 Å². The number of phenolic OH excluding ortho intramolecular Hbond substituents is 2. The van der Waals surface area contributed by atoms with Gasteiger partial charge in [0.15, 0.2) is 11.5 Å². The Balaban J connectivity index is 1.73. The number of hydrogen-bond donors (Lipinski definition) is 3. The Labute approximate surface area is 142 Å². The Morgan fingerprint density at radius 2 is 2.08 bits per heavy atom. The van der Waals surface area contributed by atoms with E-state index in [0.29, 0.717) is 0 Å². The Kier molecular flexibility index (Phi) is 4.43. The first kappa shape index (κ1) is 15.9. The first-order valence-corrected chi connectivity index (χ1v) is 8.11. The SMILES string of the molecule is CC(NC(=O)c1ccc(O)c(O)c1)c1nc(-c2cccnc2)cs1. The van der Waals surface area contributed by atoms with Crippen molar-refractivity contribution < 1.29 is 15.0 Å². The van der Waals surface area contributed by atoms with Gasteiger partial charge in [0, 0.05) is 28.9 Å². The number of amides is 1. The van der Waals surface area contributed by atoms with E-state index in [9.17, 15) is 15.0 Å². The summed E-state index contributed by atoms with van der Waals surface area (Å²) in [7, 11) is 0. The molecule has 1 aromatic carbocycles. The summed E-state index contributed by atoms with van der Waals surface area (Å²) in [4.78, 5) is 20.8. The molecule has 0 spiro atoms. The monoisotopic (exact) mass is 341 g/mol.